The minimum Gasteiger partial charge on any atom is -0.497 e. The van der Waals surface area contributed by atoms with Crippen molar-refractivity contribution in [3.63, 3.8) is 0 Å². The molecule has 1 unspecified atom stereocenters. The molecule has 1 aliphatic heterocycles. The molecule has 2 heterocycles. The third kappa shape index (κ3) is 3.69. The largest absolute Gasteiger partial charge is 0.497 e. The Morgan fingerprint density at radius 3 is 2.80 bits per heavy atom. The van der Waals surface area contributed by atoms with Gasteiger partial charge in [0.05, 0.1) is 12.8 Å². The van der Waals surface area contributed by atoms with E-state index < -0.39 is 0 Å². The normalized spacial score (nSPS) is 17.1. The average molecular weight is 343 g/mol. The molecule has 25 heavy (non-hydrogen) atoms. The fourth-order valence-electron chi connectivity index (χ4n) is 3.44. The summed E-state index contributed by atoms with van der Waals surface area (Å²) in [7, 11) is 1.63. The molecule has 1 atom stereocenters. The molecule has 0 bridgehead atoms. The Bertz CT molecular complexity index is 724. The highest BCUT2D eigenvalue weighted by Crippen LogP contribution is 2.24. The van der Waals surface area contributed by atoms with Crippen LogP contribution in [-0.2, 0) is 0 Å². The van der Waals surface area contributed by atoms with Gasteiger partial charge in [-0.3, -0.25) is 4.79 Å². The quantitative estimate of drug-likeness (QED) is 0.875. The number of carbonyl (C=O) groups excluding carboxylic acids is 1. The summed E-state index contributed by atoms with van der Waals surface area (Å²) in [5.41, 5.74) is 2.29. The molecule has 0 saturated carbocycles. The average Bonchev–Trinajstić information content (AvgIpc) is 3.26. The molecule has 1 aromatic carbocycles. The van der Waals surface area contributed by atoms with Crippen molar-refractivity contribution in [2.45, 2.75) is 38.6 Å². The fraction of sp³-hybridized carbons (Fsp3) is 0.474. The molecule has 0 radical (unpaired) electrons. The molecule has 1 saturated heterocycles. The van der Waals surface area contributed by atoms with E-state index in [9.17, 15) is 4.79 Å². The Hall–Kier alpha value is -2.34. The van der Waals surface area contributed by atoms with Gasteiger partial charge in [0.25, 0.3) is 5.91 Å². The molecule has 1 amide bonds. The Balaban J connectivity index is 1.80. The van der Waals surface area contributed by atoms with E-state index in [0.29, 0.717) is 5.69 Å². The predicted octanol–water partition coefficient (Wildman–Crippen LogP) is 2.57. The number of ether oxygens (including phenoxy) is 1. The SMILES string of the molecule is COc1ccc(-n2nc(C(=O)N3CCCC3CCCO)cc2C)cc1. The number of rotatable bonds is 6. The number of aromatic nitrogens is 2. The van der Waals surface area contributed by atoms with Gasteiger partial charge >= 0.3 is 0 Å². The van der Waals surface area contributed by atoms with Gasteiger partial charge < -0.3 is 14.7 Å². The van der Waals surface area contributed by atoms with Gasteiger partial charge in [-0.25, -0.2) is 4.68 Å². The fourth-order valence-corrected chi connectivity index (χ4v) is 3.44. The van der Waals surface area contributed by atoms with Crippen LogP contribution in [-0.4, -0.2) is 52.0 Å². The van der Waals surface area contributed by atoms with Crippen LogP contribution in [0, 0.1) is 6.92 Å². The van der Waals surface area contributed by atoms with Crippen molar-refractivity contribution in [3.05, 3.63) is 41.7 Å². The summed E-state index contributed by atoms with van der Waals surface area (Å²) in [6.07, 6.45) is 3.60. The summed E-state index contributed by atoms with van der Waals surface area (Å²) >= 11 is 0. The summed E-state index contributed by atoms with van der Waals surface area (Å²) in [5.74, 6) is 0.768. The first-order chi connectivity index (χ1) is 12.1. The van der Waals surface area contributed by atoms with E-state index in [4.69, 9.17) is 9.84 Å². The lowest BCUT2D eigenvalue weighted by Crippen LogP contribution is -2.36. The van der Waals surface area contributed by atoms with Crippen LogP contribution in [0.2, 0.25) is 0 Å². The van der Waals surface area contributed by atoms with Gasteiger partial charge in [0.2, 0.25) is 0 Å². The second kappa shape index (κ2) is 7.70. The summed E-state index contributed by atoms with van der Waals surface area (Å²) in [4.78, 5) is 14.8. The number of amides is 1. The molecule has 6 heteroatoms. The van der Waals surface area contributed by atoms with Crippen molar-refractivity contribution < 1.29 is 14.6 Å². The topological polar surface area (TPSA) is 67.6 Å². The predicted molar refractivity (Wildman–Crippen MR) is 95.2 cm³/mol. The van der Waals surface area contributed by atoms with E-state index in [1.807, 2.05) is 42.2 Å². The van der Waals surface area contributed by atoms with Crippen molar-refractivity contribution >= 4 is 5.91 Å². The number of aryl methyl sites for hydroxylation is 1. The summed E-state index contributed by atoms with van der Waals surface area (Å²) in [6.45, 7) is 2.88. The Morgan fingerprint density at radius 2 is 2.12 bits per heavy atom. The minimum absolute atomic E-state index is 0.0178. The second-order valence-electron chi connectivity index (χ2n) is 6.44. The number of aliphatic hydroxyl groups is 1. The molecule has 1 aliphatic rings. The summed E-state index contributed by atoms with van der Waals surface area (Å²) < 4.78 is 6.97. The van der Waals surface area contributed by atoms with Crippen LogP contribution in [0.1, 0.15) is 41.9 Å². The number of benzene rings is 1. The molecule has 2 aromatic rings. The molecule has 134 valence electrons. The van der Waals surface area contributed by atoms with Crippen molar-refractivity contribution in [2.75, 3.05) is 20.3 Å². The van der Waals surface area contributed by atoms with Crippen LogP contribution in [0.5, 0.6) is 5.75 Å². The zero-order valence-corrected chi connectivity index (χ0v) is 14.8. The minimum atomic E-state index is -0.0178. The van der Waals surface area contributed by atoms with Gasteiger partial charge in [-0.1, -0.05) is 0 Å². The van der Waals surface area contributed by atoms with Crippen molar-refractivity contribution in [3.8, 4) is 11.4 Å². The highest BCUT2D eigenvalue weighted by atomic mass is 16.5. The van der Waals surface area contributed by atoms with Crippen LogP contribution in [0.25, 0.3) is 5.69 Å². The number of methoxy groups -OCH3 is 1. The van der Waals surface area contributed by atoms with E-state index in [2.05, 4.69) is 5.10 Å². The van der Waals surface area contributed by atoms with Crippen molar-refractivity contribution in [1.29, 1.82) is 0 Å². The highest BCUT2D eigenvalue weighted by Gasteiger charge is 2.30. The molecule has 1 aromatic heterocycles. The first-order valence-corrected chi connectivity index (χ1v) is 8.77. The van der Waals surface area contributed by atoms with E-state index in [1.54, 1.807) is 11.8 Å². The molecule has 1 fully saturated rings. The number of carbonyl (C=O) groups is 1. The number of likely N-dealkylation sites (tertiary alicyclic amines) is 1. The van der Waals surface area contributed by atoms with Gasteiger partial charge in [-0.05, 0) is 62.9 Å². The molecule has 0 spiro atoms. The molecular formula is C19H25N3O3. The van der Waals surface area contributed by atoms with Gasteiger partial charge in [-0.2, -0.15) is 5.10 Å². The Morgan fingerprint density at radius 1 is 1.36 bits per heavy atom. The van der Waals surface area contributed by atoms with E-state index in [-0.39, 0.29) is 18.6 Å². The first-order valence-electron chi connectivity index (χ1n) is 8.77. The zero-order chi connectivity index (χ0) is 17.8. The number of hydrogen-bond acceptors (Lipinski definition) is 4. The van der Waals surface area contributed by atoms with Crippen molar-refractivity contribution in [1.82, 2.24) is 14.7 Å². The molecule has 6 nitrogen and oxygen atoms in total. The lowest BCUT2D eigenvalue weighted by Gasteiger charge is -2.23. The standard InChI is InChI=1S/C19H25N3O3/c1-14-13-18(19(24)21-11-3-5-15(21)6-4-12-23)20-22(14)16-7-9-17(25-2)10-8-16/h7-10,13,15,23H,3-6,11-12H2,1-2H3. The molecule has 3 rings (SSSR count). The number of hydrogen-bond donors (Lipinski definition) is 1. The number of nitrogens with zero attached hydrogens (tertiary/aromatic N) is 3. The number of aliphatic hydroxyl groups excluding tert-OH is 1. The molecule has 1 N–H and O–H groups in total. The van der Waals surface area contributed by atoms with Crippen LogP contribution in [0.3, 0.4) is 0 Å². The lowest BCUT2D eigenvalue weighted by atomic mass is 10.1. The van der Waals surface area contributed by atoms with E-state index in [0.717, 1.165) is 49.4 Å². The van der Waals surface area contributed by atoms with Gasteiger partial charge in [0, 0.05) is 24.9 Å². The maximum Gasteiger partial charge on any atom is 0.274 e. The molecular weight excluding hydrogens is 318 g/mol. The Labute approximate surface area is 148 Å². The van der Waals surface area contributed by atoms with E-state index in [1.165, 1.54) is 0 Å². The van der Waals surface area contributed by atoms with E-state index >= 15 is 0 Å². The maximum atomic E-state index is 12.9. The third-order valence-electron chi connectivity index (χ3n) is 4.76. The highest BCUT2D eigenvalue weighted by molar-refractivity contribution is 5.93. The molecule has 0 aliphatic carbocycles. The van der Waals surface area contributed by atoms with Gasteiger partial charge in [0.15, 0.2) is 5.69 Å². The van der Waals surface area contributed by atoms with Gasteiger partial charge in [0.1, 0.15) is 5.75 Å². The lowest BCUT2D eigenvalue weighted by molar-refractivity contribution is 0.0718. The summed E-state index contributed by atoms with van der Waals surface area (Å²) in [5, 5.41) is 13.6. The summed E-state index contributed by atoms with van der Waals surface area (Å²) in [6, 6.07) is 9.66. The smallest absolute Gasteiger partial charge is 0.274 e. The van der Waals surface area contributed by atoms with Crippen molar-refractivity contribution in [2.24, 2.45) is 0 Å². The maximum absolute atomic E-state index is 12.9. The second-order valence-corrected chi connectivity index (χ2v) is 6.44. The zero-order valence-electron chi connectivity index (χ0n) is 14.8. The van der Waals surface area contributed by atoms with Crippen LogP contribution < -0.4 is 4.74 Å². The Kier molecular flexibility index (Phi) is 5.38. The first kappa shape index (κ1) is 17.5. The van der Waals surface area contributed by atoms with Crippen LogP contribution in [0.4, 0.5) is 0 Å². The third-order valence-corrected chi connectivity index (χ3v) is 4.76. The van der Waals surface area contributed by atoms with Crippen LogP contribution in [0.15, 0.2) is 30.3 Å². The van der Waals surface area contributed by atoms with Crippen LogP contribution >= 0.6 is 0 Å². The van der Waals surface area contributed by atoms with Gasteiger partial charge in [-0.15, -0.1) is 0 Å². The monoisotopic (exact) mass is 343 g/mol.